The van der Waals surface area contributed by atoms with Gasteiger partial charge in [0.2, 0.25) is 0 Å². The van der Waals surface area contributed by atoms with Crippen LogP contribution >= 0.6 is 0 Å². The predicted octanol–water partition coefficient (Wildman–Crippen LogP) is 4.30. The van der Waals surface area contributed by atoms with Crippen LogP contribution in [0.15, 0.2) is 35.2 Å². The van der Waals surface area contributed by atoms with Crippen LogP contribution in [0.2, 0.25) is 0 Å². The summed E-state index contributed by atoms with van der Waals surface area (Å²) < 4.78 is 31.6. The number of hydrogen-bond donors (Lipinski definition) is 0. The molecule has 3 rings (SSSR count). The van der Waals surface area contributed by atoms with E-state index in [9.17, 15) is 9.18 Å². The van der Waals surface area contributed by atoms with Crippen LogP contribution in [0, 0.1) is 0 Å². The van der Waals surface area contributed by atoms with Crippen molar-refractivity contribution in [2.75, 3.05) is 0 Å². The number of nitrogens with zero attached hydrogens (tertiary/aromatic N) is 1. The number of halogens is 1. The molecule has 3 aliphatic rings. The van der Waals surface area contributed by atoms with Crippen LogP contribution in [0.5, 0.6) is 0 Å². The summed E-state index contributed by atoms with van der Waals surface area (Å²) in [6, 6.07) is -0.441. The second-order valence-electron chi connectivity index (χ2n) is 9.02. The summed E-state index contributed by atoms with van der Waals surface area (Å²) in [6.45, 7) is 13.3. The zero-order valence-corrected chi connectivity index (χ0v) is 16.6. The zero-order chi connectivity index (χ0) is 19.5. The molecule has 1 unspecified atom stereocenters. The Morgan fingerprint density at radius 2 is 1.81 bits per heavy atom. The lowest BCUT2D eigenvalue weighted by molar-refractivity contribution is 0.00578. The Morgan fingerprint density at radius 3 is 2.35 bits per heavy atom. The quantitative estimate of drug-likeness (QED) is 0.652. The Bertz CT molecular complexity index is 702. The standard InChI is InChI=1S/C19H27BFNO4/c1-17(2,3)24-16(23)22-11-14(13-9-8-12(21)10-15(13)22)20-25-18(4,5)19(6,7)26-20/h8-9,11,15H,10H2,1-7H3. The summed E-state index contributed by atoms with van der Waals surface area (Å²) in [6.07, 6.45) is 4.42. The third-order valence-electron chi connectivity index (χ3n) is 5.25. The smallest absolute Gasteiger partial charge is 0.443 e. The van der Waals surface area contributed by atoms with Crippen molar-refractivity contribution in [3.05, 3.63) is 35.2 Å². The van der Waals surface area contributed by atoms with Gasteiger partial charge in [0.25, 0.3) is 0 Å². The van der Waals surface area contributed by atoms with Gasteiger partial charge in [0.1, 0.15) is 11.4 Å². The number of rotatable bonds is 1. The van der Waals surface area contributed by atoms with Crippen LogP contribution in [0.25, 0.3) is 0 Å². The van der Waals surface area contributed by atoms with Crippen molar-refractivity contribution in [1.29, 1.82) is 0 Å². The highest BCUT2D eigenvalue weighted by Crippen LogP contribution is 2.44. The molecule has 1 aliphatic carbocycles. The molecule has 0 aromatic heterocycles. The first-order chi connectivity index (χ1) is 11.8. The lowest BCUT2D eigenvalue weighted by atomic mass is 9.73. The normalized spacial score (nSPS) is 26.9. The van der Waals surface area contributed by atoms with Gasteiger partial charge in [0.05, 0.1) is 17.2 Å². The Morgan fingerprint density at radius 1 is 1.23 bits per heavy atom. The molecule has 0 bridgehead atoms. The number of fused-ring (bicyclic) bond motifs is 1. The number of ether oxygens (including phenoxy) is 1. The van der Waals surface area contributed by atoms with Crippen LogP contribution in [0.1, 0.15) is 54.9 Å². The molecule has 2 heterocycles. The van der Waals surface area contributed by atoms with Gasteiger partial charge in [-0.1, -0.05) is 6.08 Å². The van der Waals surface area contributed by atoms with E-state index in [0.29, 0.717) is 0 Å². The predicted molar refractivity (Wildman–Crippen MR) is 97.9 cm³/mol. The van der Waals surface area contributed by atoms with Crippen molar-refractivity contribution in [3.63, 3.8) is 0 Å². The number of carbonyl (C=O) groups excluding carboxylic acids is 1. The topological polar surface area (TPSA) is 48.0 Å². The highest BCUT2D eigenvalue weighted by molar-refractivity contribution is 6.56. The van der Waals surface area contributed by atoms with Gasteiger partial charge in [-0.05, 0) is 60.1 Å². The number of allylic oxidation sites excluding steroid dienone is 2. The molecule has 0 N–H and O–H groups in total. The first kappa shape index (κ1) is 19.2. The van der Waals surface area contributed by atoms with Gasteiger partial charge in [0, 0.05) is 18.1 Å². The van der Waals surface area contributed by atoms with Gasteiger partial charge in [-0.3, -0.25) is 4.90 Å². The second kappa shape index (κ2) is 5.96. The van der Waals surface area contributed by atoms with Crippen LogP contribution in [0.3, 0.4) is 0 Å². The average Bonchev–Trinajstić information content (AvgIpc) is 2.91. The monoisotopic (exact) mass is 363 g/mol. The first-order valence-electron chi connectivity index (χ1n) is 8.96. The van der Waals surface area contributed by atoms with E-state index < -0.39 is 36.1 Å². The summed E-state index contributed by atoms with van der Waals surface area (Å²) in [5.74, 6) is -0.268. The van der Waals surface area contributed by atoms with E-state index in [4.69, 9.17) is 14.0 Å². The summed E-state index contributed by atoms with van der Waals surface area (Å²) >= 11 is 0. The fraction of sp³-hybridized carbons (Fsp3) is 0.632. The molecule has 142 valence electrons. The lowest BCUT2D eigenvalue weighted by Gasteiger charge is -2.32. The molecule has 26 heavy (non-hydrogen) atoms. The number of hydrogen-bond acceptors (Lipinski definition) is 4. The molecule has 1 fully saturated rings. The number of carbonyl (C=O) groups is 1. The summed E-state index contributed by atoms with van der Waals surface area (Å²) in [5, 5.41) is 0. The first-order valence-corrected chi connectivity index (χ1v) is 8.96. The Hall–Kier alpha value is -1.60. The van der Waals surface area contributed by atoms with Gasteiger partial charge in [0.15, 0.2) is 0 Å². The van der Waals surface area contributed by atoms with E-state index in [1.165, 1.54) is 11.0 Å². The molecule has 0 aromatic rings. The highest BCUT2D eigenvalue weighted by Gasteiger charge is 2.55. The van der Waals surface area contributed by atoms with E-state index in [1.54, 1.807) is 33.0 Å². The van der Waals surface area contributed by atoms with E-state index in [2.05, 4.69) is 0 Å². The Labute approximate surface area is 155 Å². The molecule has 1 saturated heterocycles. The van der Waals surface area contributed by atoms with Crippen molar-refractivity contribution in [2.45, 2.75) is 77.7 Å². The zero-order valence-electron chi connectivity index (χ0n) is 16.6. The van der Waals surface area contributed by atoms with Crippen molar-refractivity contribution in [2.24, 2.45) is 0 Å². The molecule has 0 aromatic carbocycles. The molecule has 0 radical (unpaired) electrons. The van der Waals surface area contributed by atoms with Gasteiger partial charge in [-0.2, -0.15) is 0 Å². The molecule has 1 amide bonds. The molecular formula is C19H27BFNO4. The third-order valence-corrected chi connectivity index (χ3v) is 5.25. The Balaban J connectivity index is 1.93. The van der Waals surface area contributed by atoms with Crippen LogP contribution in [-0.2, 0) is 14.0 Å². The number of amides is 1. The fourth-order valence-corrected chi connectivity index (χ4v) is 3.17. The van der Waals surface area contributed by atoms with E-state index in [1.807, 2.05) is 27.7 Å². The maximum atomic E-state index is 13.9. The van der Waals surface area contributed by atoms with E-state index in [0.717, 1.165) is 11.0 Å². The maximum Gasteiger partial charge on any atom is 0.496 e. The molecule has 0 spiro atoms. The summed E-state index contributed by atoms with van der Waals surface area (Å²) in [4.78, 5) is 14.1. The molecule has 0 saturated carbocycles. The van der Waals surface area contributed by atoms with Gasteiger partial charge in [-0.15, -0.1) is 0 Å². The van der Waals surface area contributed by atoms with Gasteiger partial charge < -0.3 is 14.0 Å². The molecular weight excluding hydrogens is 336 g/mol. The van der Waals surface area contributed by atoms with E-state index in [-0.39, 0.29) is 12.2 Å². The van der Waals surface area contributed by atoms with Gasteiger partial charge in [-0.25, -0.2) is 9.18 Å². The molecule has 7 heteroatoms. The Kier molecular flexibility index (Phi) is 4.39. The molecule has 2 aliphatic heterocycles. The van der Waals surface area contributed by atoms with Crippen LogP contribution < -0.4 is 0 Å². The second-order valence-corrected chi connectivity index (χ2v) is 9.02. The summed E-state index contributed by atoms with van der Waals surface area (Å²) in [7, 11) is -0.615. The van der Waals surface area contributed by atoms with Crippen molar-refractivity contribution in [3.8, 4) is 0 Å². The van der Waals surface area contributed by atoms with Gasteiger partial charge >= 0.3 is 13.2 Å². The van der Waals surface area contributed by atoms with Crippen LogP contribution in [-0.4, -0.2) is 41.0 Å². The maximum absolute atomic E-state index is 13.9. The fourth-order valence-electron chi connectivity index (χ4n) is 3.17. The minimum absolute atomic E-state index is 0.116. The van der Waals surface area contributed by atoms with E-state index >= 15 is 0 Å². The molecule has 5 nitrogen and oxygen atoms in total. The van der Waals surface area contributed by atoms with Crippen LogP contribution in [0.4, 0.5) is 9.18 Å². The van der Waals surface area contributed by atoms with Crippen molar-refractivity contribution < 1.29 is 23.2 Å². The largest absolute Gasteiger partial charge is 0.496 e. The minimum Gasteiger partial charge on any atom is -0.443 e. The van der Waals surface area contributed by atoms with Crippen molar-refractivity contribution >= 4 is 13.2 Å². The average molecular weight is 363 g/mol. The minimum atomic E-state index is -0.634. The highest BCUT2D eigenvalue weighted by atomic mass is 19.1. The lowest BCUT2D eigenvalue weighted by Crippen LogP contribution is -2.41. The summed E-state index contributed by atoms with van der Waals surface area (Å²) in [5.41, 5.74) is -0.0582. The SMILES string of the molecule is CC(C)(C)OC(=O)N1C=C(B2OC(C)(C)C(C)(C)O2)C2=CC=C(F)CC21. The molecule has 1 atom stereocenters. The van der Waals surface area contributed by atoms with Crippen molar-refractivity contribution in [1.82, 2.24) is 4.90 Å². The third kappa shape index (κ3) is 3.34.